The maximum absolute atomic E-state index is 6.23. The second kappa shape index (κ2) is 5.92. The first-order valence-corrected chi connectivity index (χ1v) is 7.82. The molecule has 108 valence electrons. The molecule has 1 atom stereocenters. The quantitative estimate of drug-likeness (QED) is 0.724. The number of benzene rings is 2. The van der Waals surface area contributed by atoms with E-state index in [2.05, 4.69) is 17.2 Å². The molecular formula is C16H15ClN2OS. The molecule has 0 aliphatic rings. The molecule has 1 N–H and O–H groups in total. The Labute approximate surface area is 132 Å². The zero-order chi connectivity index (χ0) is 14.8. The van der Waals surface area contributed by atoms with Crippen LogP contribution in [0.2, 0.25) is 5.02 Å². The van der Waals surface area contributed by atoms with E-state index in [0.717, 1.165) is 31.7 Å². The molecule has 3 nitrogen and oxygen atoms in total. The summed E-state index contributed by atoms with van der Waals surface area (Å²) in [6.07, 6.45) is 0. The SMILES string of the molecule is COc1ccc2nc(NC(C)c3ccccc3Cl)sc2c1. The summed E-state index contributed by atoms with van der Waals surface area (Å²) >= 11 is 7.84. The molecule has 0 radical (unpaired) electrons. The summed E-state index contributed by atoms with van der Waals surface area (Å²) in [6.45, 7) is 2.08. The lowest BCUT2D eigenvalue weighted by molar-refractivity contribution is 0.415. The van der Waals surface area contributed by atoms with Crippen LogP contribution in [0.15, 0.2) is 42.5 Å². The summed E-state index contributed by atoms with van der Waals surface area (Å²) in [4.78, 5) is 4.59. The fraction of sp³-hybridized carbons (Fsp3) is 0.188. The van der Waals surface area contributed by atoms with E-state index >= 15 is 0 Å². The van der Waals surface area contributed by atoms with Gasteiger partial charge in [-0.3, -0.25) is 0 Å². The Bertz CT molecular complexity index is 772. The van der Waals surface area contributed by atoms with E-state index < -0.39 is 0 Å². The highest BCUT2D eigenvalue weighted by atomic mass is 35.5. The molecule has 0 bridgehead atoms. The van der Waals surface area contributed by atoms with Crippen LogP contribution in [0.3, 0.4) is 0 Å². The van der Waals surface area contributed by atoms with Crippen LogP contribution >= 0.6 is 22.9 Å². The van der Waals surface area contributed by atoms with Crippen molar-refractivity contribution in [3.05, 3.63) is 53.1 Å². The Kier molecular flexibility index (Phi) is 3.99. The molecule has 0 saturated heterocycles. The zero-order valence-electron chi connectivity index (χ0n) is 11.8. The molecule has 0 amide bonds. The van der Waals surface area contributed by atoms with Gasteiger partial charge in [0.05, 0.1) is 23.4 Å². The summed E-state index contributed by atoms with van der Waals surface area (Å²) in [5.41, 5.74) is 2.03. The Morgan fingerprint density at radius 1 is 1.24 bits per heavy atom. The predicted molar refractivity (Wildman–Crippen MR) is 89.7 cm³/mol. The number of fused-ring (bicyclic) bond motifs is 1. The van der Waals surface area contributed by atoms with Gasteiger partial charge in [-0.25, -0.2) is 4.98 Å². The largest absolute Gasteiger partial charge is 0.497 e. The van der Waals surface area contributed by atoms with E-state index in [1.807, 2.05) is 42.5 Å². The van der Waals surface area contributed by atoms with Crippen molar-refractivity contribution in [2.75, 3.05) is 12.4 Å². The monoisotopic (exact) mass is 318 g/mol. The van der Waals surface area contributed by atoms with Crippen LogP contribution in [0, 0.1) is 0 Å². The summed E-state index contributed by atoms with van der Waals surface area (Å²) in [6, 6.07) is 13.8. The second-order valence-corrected chi connectivity index (χ2v) is 6.18. The Morgan fingerprint density at radius 2 is 2.05 bits per heavy atom. The highest BCUT2D eigenvalue weighted by Crippen LogP contribution is 2.32. The molecule has 1 unspecified atom stereocenters. The number of halogens is 1. The van der Waals surface area contributed by atoms with Gasteiger partial charge in [-0.15, -0.1) is 0 Å². The topological polar surface area (TPSA) is 34.1 Å². The van der Waals surface area contributed by atoms with Gasteiger partial charge in [0, 0.05) is 5.02 Å². The number of rotatable bonds is 4. The number of hydrogen-bond acceptors (Lipinski definition) is 4. The van der Waals surface area contributed by atoms with Crippen molar-refractivity contribution >= 4 is 38.3 Å². The second-order valence-electron chi connectivity index (χ2n) is 4.74. The molecule has 0 aliphatic heterocycles. The molecule has 3 rings (SSSR count). The lowest BCUT2D eigenvalue weighted by Gasteiger charge is -2.14. The lowest BCUT2D eigenvalue weighted by Crippen LogP contribution is -2.06. The van der Waals surface area contributed by atoms with Gasteiger partial charge in [0.1, 0.15) is 5.75 Å². The van der Waals surface area contributed by atoms with Crippen molar-refractivity contribution in [3.8, 4) is 5.75 Å². The average molecular weight is 319 g/mol. The third kappa shape index (κ3) is 2.96. The number of thiazole rings is 1. The Morgan fingerprint density at radius 3 is 2.81 bits per heavy atom. The number of nitrogens with zero attached hydrogens (tertiary/aromatic N) is 1. The number of aromatic nitrogens is 1. The smallest absolute Gasteiger partial charge is 0.184 e. The van der Waals surface area contributed by atoms with Crippen LogP contribution in [-0.2, 0) is 0 Å². The standard InChI is InChI=1S/C16H15ClN2OS/c1-10(12-5-3-4-6-13(12)17)18-16-19-14-8-7-11(20-2)9-15(14)21-16/h3-10H,1-2H3,(H,18,19). The van der Waals surface area contributed by atoms with E-state index in [1.54, 1.807) is 18.4 Å². The van der Waals surface area contributed by atoms with Gasteiger partial charge in [-0.2, -0.15) is 0 Å². The molecule has 5 heteroatoms. The first-order valence-electron chi connectivity index (χ1n) is 6.63. The third-order valence-electron chi connectivity index (χ3n) is 3.31. The van der Waals surface area contributed by atoms with Crippen LogP contribution in [0.25, 0.3) is 10.2 Å². The molecule has 0 spiro atoms. The van der Waals surface area contributed by atoms with Crippen molar-refractivity contribution in [2.45, 2.75) is 13.0 Å². The minimum atomic E-state index is 0.0983. The van der Waals surface area contributed by atoms with Gasteiger partial charge in [0.15, 0.2) is 5.13 Å². The van der Waals surface area contributed by atoms with Crippen molar-refractivity contribution in [3.63, 3.8) is 0 Å². The molecule has 0 aliphatic carbocycles. The predicted octanol–water partition coefficient (Wildman–Crippen LogP) is 5.13. The van der Waals surface area contributed by atoms with Crippen molar-refractivity contribution in [1.82, 2.24) is 4.98 Å². The van der Waals surface area contributed by atoms with Crippen molar-refractivity contribution in [1.29, 1.82) is 0 Å². The van der Waals surface area contributed by atoms with Gasteiger partial charge < -0.3 is 10.1 Å². The third-order valence-corrected chi connectivity index (χ3v) is 4.60. The fourth-order valence-electron chi connectivity index (χ4n) is 2.18. The molecule has 1 aromatic heterocycles. The van der Waals surface area contributed by atoms with Crippen molar-refractivity contribution < 1.29 is 4.74 Å². The molecular weight excluding hydrogens is 304 g/mol. The van der Waals surface area contributed by atoms with Gasteiger partial charge >= 0.3 is 0 Å². The number of methoxy groups -OCH3 is 1. The van der Waals surface area contributed by atoms with Crippen LogP contribution in [0.4, 0.5) is 5.13 Å². The number of ether oxygens (including phenoxy) is 1. The van der Waals surface area contributed by atoms with Gasteiger partial charge in [-0.1, -0.05) is 41.1 Å². The lowest BCUT2D eigenvalue weighted by atomic mass is 10.1. The molecule has 0 saturated carbocycles. The zero-order valence-corrected chi connectivity index (χ0v) is 13.3. The van der Waals surface area contributed by atoms with E-state index in [4.69, 9.17) is 16.3 Å². The average Bonchev–Trinajstić information content (AvgIpc) is 2.88. The van der Waals surface area contributed by atoms with Crippen molar-refractivity contribution in [2.24, 2.45) is 0 Å². The van der Waals surface area contributed by atoms with Gasteiger partial charge in [0.2, 0.25) is 0 Å². The number of hydrogen-bond donors (Lipinski definition) is 1. The minimum absolute atomic E-state index is 0.0983. The highest BCUT2D eigenvalue weighted by Gasteiger charge is 2.12. The van der Waals surface area contributed by atoms with Gasteiger partial charge in [0.25, 0.3) is 0 Å². The van der Waals surface area contributed by atoms with Crippen LogP contribution in [0.5, 0.6) is 5.75 Å². The highest BCUT2D eigenvalue weighted by molar-refractivity contribution is 7.22. The molecule has 3 aromatic rings. The first-order chi connectivity index (χ1) is 10.2. The fourth-order valence-corrected chi connectivity index (χ4v) is 3.46. The minimum Gasteiger partial charge on any atom is -0.497 e. The maximum Gasteiger partial charge on any atom is 0.184 e. The van der Waals surface area contributed by atoms with Crippen LogP contribution in [0.1, 0.15) is 18.5 Å². The number of nitrogens with one attached hydrogen (secondary N) is 1. The maximum atomic E-state index is 6.23. The summed E-state index contributed by atoms with van der Waals surface area (Å²) in [5.74, 6) is 0.844. The Balaban J connectivity index is 1.86. The first kappa shape index (κ1) is 14.2. The summed E-state index contributed by atoms with van der Waals surface area (Å²) < 4.78 is 6.34. The van der Waals surface area contributed by atoms with E-state index in [9.17, 15) is 0 Å². The van der Waals surface area contributed by atoms with E-state index in [1.165, 1.54) is 0 Å². The number of anilines is 1. The molecule has 21 heavy (non-hydrogen) atoms. The van der Waals surface area contributed by atoms with E-state index in [0.29, 0.717) is 0 Å². The van der Waals surface area contributed by atoms with Crippen LogP contribution in [-0.4, -0.2) is 12.1 Å². The van der Waals surface area contributed by atoms with Gasteiger partial charge in [-0.05, 0) is 36.8 Å². The van der Waals surface area contributed by atoms with Crippen LogP contribution < -0.4 is 10.1 Å². The molecule has 2 aromatic carbocycles. The summed E-state index contributed by atoms with van der Waals surface area (Å²) in [7, 11) is 1.67. The molecule has 0 fully saturated rings. The molecule has 1 heterocycles. The normalized spacial score (nSPS) is 12.3. The Hall–Kier alpha value is -1.78. The van der Waals surface area contributed by atoms with E-state index in [-0.39, 0.29) is 6.04 Å². The summed E-state index contributed by atoms with van der Waals surface area (Å²) in [5, 5.41) is 5.05.